The molecule has 1 aliphatic heterocycles. The normalized spacial score (nSPS) is 19.2. The summed E-state index contributed by atoms with van der Waals surface area (Å²) in [5.41, 5.74) is 9.75. The Morgan fingerprint density at radius 2 is 1.49 bits per heavy atom. The molecule has 4 aromatic carbocycles. The van der Waals surface area contributed by atoms with Gasteiger partial charge in [-0.15, -0.1) is 0 Å². The summed E-state index contributed by atoms with van der Waals surface area (Å²) < 4.78 is 30.0. The summed E-state index contributed by atoms with van der Waals surface area (Å²) in [6, 6.07) is 35.4. The lowest BCUT2D eigenvalue weighted by molar-refractivity contribution is 0.154. The summed E-state index contributed by atoms with van der Waals surface area (Å²) in [5.74, 6) is 1.37. The van der Waals surface area contributed by atoms with Crippen molar-refractivity contribution in [1.29, 1.82) is 0 Å². The van der Waals surface area contributed by atoms with Crippen molar-refractivity contribution >= 4 is 32.9 Å². The van der Waals surface area contributed by atoms with Crippen molar-refractivity contribution in [3.63, 3.8) is 0 Å². The monoisotopic (exact) mass is 679 g/mol. The molecule has 0 saturated carbocycles. The van der Waals surface area contributed by atoms with Crippen LogP contribution in [0.4, 0.5) is 4.39 Å². The maximum atomic E-state index is 16.3. The van der Waals surface area contributed by atoms with E-state index in [9.17, 15) is 0 Å². The highest BCUT2D eigenvalue weighted by molar-refractivity contribution is 9.10. The third kappa shape index (κ3) is 5.10. The number of fused-ring (bicyclic) bond motifs is 2. The molecule has 2 heterocycles. The Bertz CT molecular complexity index is 1780. The number of nitrogens with zero attached hydrogens (tertiary/aromatic N) is 2. The van der Waals surface area contributed by atoms with E-state index in [1.807, 2.05) is 60.7 Å². The van der Waals surface area contributed by atoms with Crippen LogP contribution in [0.15, 0.2) is 125 Å². The first-order valence-electron chi connectivity index (χ1n) is 14.8. The van der Waals surface area contributed by atoms with Crippen LogP contribution in [-0.4, -0.2) is 23.0 Å². The fraction of sp³-hybridized carbons (Fsp3) is 0.189. The highest BCUT2D eigenvalue weighted by Gasteiger charge is 2.50. The first-order chi connectivity index (χ1) is 21.9. The van der Waals surface area contributed by atoms with Gasteiger partial charge in [0.15, 0.2) is 10.8 Å². The summed E-state index contributed by atoms with van der Waals surface area (Å²) in [7, 11) is 1.61. The average Bonchev–Trinajstić information content (AvgIpc) is 3.08. The van der Waals surface area contributed by atoms with Gasteiger partial charge >= 0.3 is 0 Å². The van der Waals surface area contributed by atoms with E-state index in [0.29, 0.717) is 41.0 Å². The molecule has 5 aromatic rings. The standard InChI is InChI=1S/C37H31BrFN3O2S/c1-43-34-30-21-36(27(23-45-35(40)42-36)19-29(30)32(38)22-41-34)31-20-28(17-18-33(31)39)44-37(24-11-5-2-6-12-24,25-13-7-3-8-14-25)26-15-9-4-10-16-26/h2-18,20,22,27H,19,21,23H2,1H3,(H2,40,42)/t27-,36-/m0/s1. The van der Waals surface area contributed by atoms with Crippen molar-refractivity contribution < 1.29 is 13.9 Å². The maximum Gasteiger partial charge on any atom is 0.216 e. The van der Waals surface area contributed by atoms with Crippen LogP contribution in [0.3, 0.4) is 0 Å². The van der Waals surface area contributed by atoms with Crippen LogP contribution in [0, 0.1) is 11.7 Å². The summed E-state index contributed by atoms with van der Waals surface area (Å²) in [6.45, 7) is 0. The van der Waals surface area contributed by atoms with E-state index in [4.69, 9.17) is 20.2 Å². The zero-order valence-electron chi connectivity index (χ0n) is 24.6. The summed E-state index contributed by atoms with van der Waals surface area (Å²) in [4.78, 5) is 9.55. The fourth-order valence-corrected chi connectivity index (χ4v) is 8.34. The smallest absolute Gasteiger partial charge is 0.216 e. The molecule has 0 fully saturated rings. The molecule has 0 radical (unpaired) electrons. The quantitative estimate of drug-likeness (QED) is 0.176. The number of rotatable bonds is 7. The number of methoxy groups -OCH3 is 1. The highest BCUT2D eigenvalue weighted by Crippen LogP contribution is 2.52. The molecule has 2 aliphatic rings. The second kappa shape index (κ2) is 12.0. The molecule has 0 saturated heterocycles. The summed E-state index contributed by atoms with van der Waals surface area (Å²) in [6.07, 6.45) is 2.83. The Balaban J connectivity index is 1.43. The number of nitrogens with two attached hydrogens (primary N) is 1. The molecule has 5 nitrogen and oxygen atoms in total. The molecule has 1 aromatic heterocycles. The van der Waals surface area contributed by atoms with Gasteiger partial charge in [0.2, 0.25) is 5.88 Å². The van der Waals surface area contributed by atoms with Crippen LogP contribution in [0.25, 0.3) is 0 Å². The minimum atomic E-state index is -1.02. The number of hydrogen-bond acceptors (Lipinski definition) is 6. The third-order valence-electron chi connectivity index (χ3n) is 8.93. The topological polar surface area (TPSA) is 69.7 Å². The largest absolute Gasteiger partial charge is 0.481 e. The van der Waals surface area contributed by atoms with Crippen LogP contribution < -0.4 is 15.2 Å². The molecule has 226 valence electrons. The van der Waals surface area contributed by atoms with Gasteiger partial charge in [0.05, 0.1) is 12.6 Å². The van der Waals surface area contributed by atoms with Crippen LogP contribution in [-0.2, 0) is 24.0 Å². The number of amidine groups is 1. The Kier molecular flexibility index (Phi) is 7.88. The molecule has 0 amide bonds. The van der Waals surface area contributed by atoms with Crippen LogP contribution in [0.1, 0.15) is 33.4 Å². The first-order valence-corrected chi connectivity index (χ1v) is 16.6. The highest BCUT2D eigenvalue weighted by atomic mass is 79.9. The van der Waals surface area contributed by atoms with E-state index in [2.05, 4.69) is 57.3 Å². The lowest BCUT2D eigenvalue weighted by Gasteiger charge is -2.45. The second-order valence-electron chi connectivity index (χ2n) is 11.4. The third-order valence-corrected chi connectivity index (χ3v) is 10.6. The number of pyridine rings is 1. The minimum absolute atomic E-state index is 0.0161. The predicted molar refractivity (Wildman–Crippen MR) is 181 cm³/mol. The molecule has 7 rings (SSSR count). The molecule has 2 N–H and O–H groups in total. The van der Waals surface area contributed by atoms with Gasteiger partial charge in [0.1, 0.15) is 11.6 Å². The van der Waals surface area contributed by atoms with E-state index in [-0.39, 0.29) is 11.7 Å². The molecule has 0 spiro atoms. The van der Waals surface area contributed by atoms with Crippen molar-refractivity contribution in [1.82, 2.24) is 4.98 Å². The molecule has 8 heteroatoms. The van der Waals surface area contributed by atoms with Gasteiger partial charge in [0.25, 0.3) is 0 Å². The van der Waals surface area contributed by atoms with Crippen molar-refractivity contribution in [2.45, 2.75) is 24.0 Å². The Labute approximate surface area is 274 Å². The van der Waals surface area contributed by atoms with Crippen molar-refractivity contribution in [3.05, 3.63) is 159 Å². The first kappa shape index (κ1) is 29.6. The number of benzene rings is 4. The zero-order chi connectivity index (χ0) is 31.0. The lowest BCUT2D eigenvalue weighted by Crippen LogP contribution is -2.46. The number of ether oxygens (including phenoxy) is 2. The van der Waals surface area contributed by atoms with E-state index in [0.717, 1.165) is 32.3 Å². The molecule has 45 heavy (non-hydrogen) atoms. The lowest BCUT2D eigenvalue weighted by atomic mass is 9.67. The number of aliphatic imine (C=N–C) groups is 1. The van der Waals surface area contributed by atoms with Gasteiger partial charge in [-0.3, -0.25) is 4.99 Å². The van der Waals surface area contributed by atoms with E-state index in [1.54, 1.807) is 19.4 Å². The van der Waals surface area contributed by atoms with Crippen molar-refractivity contribution in [3.8, 4) is 11.6 Å². The van der Waals surface area contributed by atoms with Gasteiger partial charge in [-0.1, -0.05) is 103 Å². The number of thioether (sulfide) groups is 1. The number of aromatic nitrogens is 1. The molecular weight excluding hydrogens is 649 g/mol. The van der Waals surface area contributed by atoms with E-state index in [1.165, 1.54) is 17.8 Å². The van der Waals surface area contributed by atoms with Crippen LogP contribution in [0.5, 0.6) is 11.6 Å². The summed E-state index contributed by atoms with van der Waals surface area (Å²) >= 11 is 5.21. The van der Waals surface area contributed by atoms with Gasteiger partial charge in [-0.2, -0.15) is 0 Å². The Morgan fingerprint density at radius 1 is 0.889 bits per heavy atom. The summed E-state index contributed by atoms with van der Waals surface area (Å²) in [5, 5.41) is 0.439. The van der Waals surface area contributed by atoms with Crippen molar-refractivity contribution in [2.24, 2.45) is 16.6 Å². The van der Waals surface area contributed by atoms with Gasteiger partial charge in [-0.25, -0.2) is 9.37 Å². The average molecular weight is 681 g/mol. The molecule has 0 bridgehead atoms. The van der Waals surface area contributed by atoms with Crippen molar-refractivity contribution in [2.75, 3.05) is 12.9 Å². The molecule has 0 unspecified atom stereocenters. The van der Waals surface area contributed by atoms with Gasteiger partial charge < -0.3 is 15.2 Å². The molecule has 1 aliphatic carbocycles. The maximum absolute atomic E-state index is 16.3. The van der Waals surface area contributed by atoms with E-state index >= 15 is 4.39 Å². The van der Waals surface area contributed by atoms with Crippen LogP contribution >= 0.6 is 27.7 Å². The molecular formula is C37H31BrFN3O2S. The zero-order valence-corrected chi connectivity index (χ0v) is 27.0. The van der Waals surface area contributed by atoms with E-state index < -0.39 is 11.1 Å². The fourth-order valence-electron chi connectivity index (χ4n) is 6.84. The van der Waals surface area contributed by atoms with Crippen LogP contribution in [0.2, 0.25) is 0 Å². The number of halogens is 2. The SMILES string of the molecule is COc1ncc(Br)c2c1C[C@]1(c3cc(OC(c4ccccc4)(c4ccccc4)c4ccccc4)ccc3F)N=C(N)SC[C@@H]1C2. The van der Waals surface area contributed by atoms with Gasteiger partial charge in [-0.05, 0) is 46.1 Å². The predicted octanol–water partition coefficient (Wildman–Crippen LogP) is 8.03. The van der Waals surface area contributed by atoms with Gasteiger partial charge in [0, 0.05) is 56.6 Å². The molecule has 2 atom stereocenters. The second-order valence-corrected chi connectivity index (χ2v) is 13.3. The minimum Gasteiger partial charge on any atom is -0.481 e. The Morgan fingerprint density at radius 3 is 2.07 bits per heavy atom. The number of hydrogen-bond donors (Lipinski definition) is 1. The Hall–Kier alpha value is -4.14.